The molecule has 0 aliphatic rings. The van der Waals surface area contributed by atoms with Gasteiger partial charge in [-0.15, -0.1) is 0 Å². The van der Waals surface area contributed by atoms with E-state index in [0.29, 0.717) is 11.5 Å². The van der Waals surface area contributed by atoms with E-state index < -0.39 is 0 Å². The van der Waals surface area contributed by atoms with E-state index in [2.05, 4.69) is 76.1 Å². The molecule has 0 radical (unpaired) electrons. The van der Waals surface area contributed by atoms with Crippen LogP contribution in [0.15, 0.2) is 24.3 Å². The second-order valence-electron chi connectivity index (χ2n) is 7.36. The lowest BCUT2D eigenvalue weighted by molar-refractivity contribution is 0.208. The zero-order valence-electron chi connectivity index (χ0n) is 14.9. The van der Waals surface area contributed by atoms with Crippen molar-refractivity contribution >= 4 is 0 Å². The normalized spacial score (nSPS) is 13.7. The smallest absolute Gasteiger partial charge is 0.0449 e. The van der Waals surface area contributed by atoms with Crippen molar-refractivity contribution in [2.45, 2.75) is 53.5 Å². The first-order valence-corrected chi connectivity index (χ1v) is 8.36. The van der Waals surface area contributed by atoms with Gasteiger partial charge in [-0.3, -0.25) is 0 Å². The molecule has 0 aliphatic heterocycles. The first-order valence-electron chi connectivity index (χ1n) is 8.36. The van der Waals surface area contributed by atoms with Crippen LogP contribution in [-0.4, -0.2) is 31.6 Å². The number of nitrogens with zero attached hydrogens (tertiary/aromatic N) is 1. The molecule has 0 saturated carbocycles. The van der Waals surface area contributed by atoms with Crippen molar-refractivity contribution in [3.8, 4) is 0 Å². The Morgan fingerprint density at radius 1 is 1.10 bits per heavy atom. The average molecular weight is 290 g/mol. The SMILES string of the molecule is CCCNC(CN(C)CC(C)(C)C)c1ccc(CC)cc1. The predicted molar refractivity (Wildman–Crippen MR) is 93.8 cm³/mol. The van der Waals surface area contributed by atoms with Crippen molar-refractivity contribution in [1.82, 2.24) is 10.2 Å². The van der Waals surface area contributed by atoms with Gasteiger partial charge in [0.15, 0.2) is 0 Å². The molecular formula is C19H34N2. The largest absolute Gasteiger partial charge is 0.309 e. The molecule has 0 amide bonds. The molecule has 120 valence electrons. The summed E-state index contributed by atoms with van der Waals surface area (Å²) in [6.07, 6.45) is 2.28. The fourth-order valence-corrected chi connectivity index (χ4v) is 2.78. The number of benzene rings is 1. The summed E-state index contributed by atoms with van der Waals surface area (Å²) < 4.78 is 0. The van der Waals surface area contributed by atoms with Gasteiger partial charge in [-0.1, -0.05) is 58.9 Å². The Kier molecular flexibility index (Phi) is 7.41. The Bertz CT molecular complexity index is 389. The Morgan fingerprint density at radius 3 is 2.19 bits per heavy atom. The summed E-state index contributed by atoms with van der Waals surface area (Å²) in [5.74, 6) is 0. The van der Waals surface area contributed by atoms with Gasteiger partial charge in [-0.25, -0.2) is 0 Å². The van der Waals surface area contributed by atoms with Crippen LogP contribution in [0.25, 0.3) is 0 Å². The van der Waals surface area contributed by atoms with Gasteiger partial charge < -0.3 is 10.2 Å². The van der Waals surface area contributed by atoms with Crippen LogP contribution in [0.2, 0.25) is 0 Å². The van der Waals surface area contributed by atoms with Gasteiger partial charge in [-0.2, -0.15) is 0 Å². The molecule has 0 aromatic heterocycles. The van der Waals surface area contributed by atoms with Gasteiger partial charge in [-0.05, 0) is 43.0 Å². The van der Waals surface area contributed by atoms with Crippen LogP contribution in [0.5, 0.6) is 0 Å². The van der Waals surface area contributed by atoms with E-state index in [1.165, 1.54) is 17.5 Å². The second-order valence-corrected chi connectivity index (χ2v) is 7.36. The van der Waals surface area contributed by atoms with Crippen LogP contribution in [-0.2, 0) is 6.42 Å². The monoisotopic (exact) mass is 290 g/mol. The fraction of sp³-hybridized carbons (Fsp3) is 0.684. The lowest BCUT2D eigenvalue weighted by atomic mass is 9.95. The number of rotatable bonds is 8. The van der Waals surface area contributed by atoms with Crippen LogP contribution in [0.3, 0.4) is 0 Å². The molecule has 1 aromatic carbocycles. The van der Waals surface area contributed by atoms with E-state index in [0.717, 1.165) is 26.1 Å². The first-order chi connectivity index (χ1) is 9.85. The van der Waals surface area contributed by atoms with E-state index in [4.69, 9.17) is 0 Å². The quantitative estimate of drug-likeness (QED) is 0.769. The molecule has 1 aromatic rings. The van der Waals surface area contributed by atoms with Crippen molar-refractivity contribution in [3.63, 3.8) is 0 Å². The van der Waals surface area contributed by atoms with Crippen molar-refractivity contribution in [3.05, 3.63) is 35.4 Å². The zero-order valence-corrected chi connectivity index (χ0v) is 14.9. The summed E-state index contributed by atoms with van der Waals surface area (Å²) in [7, 11) is 2.23. The van der Waals surface area contributed by atoms with Crippen LogP contribution < -0.4 is 5.32 Å². The fourth-order valence-electron chi connectivity index (χ4n) is 2.78. The Labute approximate surface area is 131 Å². The first kappa shape index (κ1) is 18.2. The Hall–Kier alpha value is -0.860. The minimum absolute atomic E-state index is 0.343. The van der Waals surface area contributed by atoms with E-state index in [-0.39, 0.29) is 0 Å². The average Bonchev–Trinajstić information content (AvgIpc) is 2.41. The van der Waals surface area contributed by atoms with Gasteiger partial charge in [0.1, 0.15) is 0 Å². The zero-order chi connectivity index (χ0) is 15.9. The summed E-state index contributed by atoms with van der Waals surface area (Å²) in [4.78, 5) is 2.45. The maximum atomic E-state index is 3.70. The molecule has 0 fully saturated rings. The van der Waals surface area contributed by atoms with Gasteiger partial charge in [0.2, 0.25) is 0 Å². The van der Waals surface area contributed by atoms with Crippen LogP contribution >= 0.6 is 0 Å². The highest BCUT2D eigenvalue weighted by molar-refractivity contribution is 5.25. The lowest BCUT2D eigenvalue weighted by Gasteiger charge is -2.30. The van der Waals surface area contributed by atoms with Crippen molar-refractivity contribution < 1.29 is 0 Å². The van der Waals surface area contributed by atoms with Crippen LogP contribution in [0.4, 0.5) is 0 Å². The highest BCUT2D eigenvalue weighted by Crippen LogP contribution is 2.19. The summed E-state index contributed by atoms with van der Waals surface area (Å²) in [5, 5.41) is 3.70. The Morgan fingerprint density at radius 2 is 1.71 bits per heavy atom. The molecule has 1 N–H and O–H groups in total. The van der Waals surface area contributed by atoms with Crippen LogP contribution in [0, 0.1) is 5.41 Å². The Balaban J connectivity index is 2.74. The molecule has 1 unspecified atom stereocenters. The summed E-state index contributed by atoms with van der Waals surface area (Å²) in [6, 6.07) is 9.52. The van der Waals surface area contributed by atoms with Crippen molar-refractivity contribution in [1.29, 1.82) is 0 Å². The van der Waals surface area contributed by atoms with Crippen molar-refractivity contribution in [2.24, 2.45) is 5.41 Å². The summed E-state index contributed by atoms with van der Waals surface area (Å²) in [5.41, 5.74) is 3.16. The predicted octanol–water partition coefficient (Wildman–Crippen LogP) is 4.27. The number of hydrogen-bond acceptors (Lipinski definition) is 2. The topological polar surface area (TPSA) is 15.3 Å². The van der Waals surface area contributed by atoms with Crippen LogP contribution in [0.1, 0.15) is 58.2 Å². The van der Waals surface area contributed by atoms with E-state index in [1.807, 2.05) is 0 Å². The summed E-state index contributed by atoms with van der Waals surface area (Å²) in [6.45, 7) is 14.6. The molecule has 1 atom stereocenters. The third-order valence-electron chi connectivity index (χ3n) is 3.67. The lowest BCUT2D eigenvalue weighted by Crippen LogP contribution is -2.37. The molecule has 0 heterocycles. The third-order valence-corrected chi connectivity index (χ3v) is 3.67. The van der Waals surface area contributed by atoms with Crippen molar-refractivity contribution in [2.75, 3.05) is 26.7 Å². The molecule has 0 spiro atoms. The number of aryl methyl sites for hydroxylation is 1. The molecule has 21 heavy (non-hydrogen) atoms. The molecule has 2 nitrogen and oxygen atoms in total. The van der Waals surface area contributed by atoms with Gasteiger partial charge in [0, 0.05) is 19.1 Å². The summed E-state index contributed by atoms with van der Waals surface area (Å²) >= 11 is 0. The second kappa shape index (κ2) is 8.55. The highest BCUT2D eigenvalue weighted by Gasteiger charge is 2.18. The molecule has 0 bridgehead atoms. The molecule has 0 aliphatic carbocycles. The number of likely N-dealkylation sites (N-methyl/N-ethyl adjacent to an activating group) is 1. The van der Waals surface area contributed by atoms with Gasteiger partial charge >= 0.3 is 0 Å². The highest BCUT2D eigenvalue weighted by atomic mass is 15.1. The standard InChI is InChI=1S/C19H34N2/c1-7-13-20-18(14-21(6)15-19(3,4)5)17-11-9-16(8-2)10-12-17/h9-12,18,20H,7-8,13-15H2,1-6H3. The van der Waals surface area contributed by atoms with E-state index in [1.54, 1.807) is 0 Å². The van der Waals surface area contributed by atoms with Gasteiger partial charge in [0.25, 0.3) is 0 Å². The number of nitrogens with one attached hydrogen (secondary N) is 1. The number of hydrogen-bond donors (Lipinski definition) is 1. The van der Waals surface area contributed by atoms with E-state index in [9.17, 15) is 0 Å². The minimum Gasteiger partial charge on any atom is -0.309 e. The molecule has 1 rings (SSSR count). The van der Waals surface area contributed by atoms with E-state index >= 15 is 0 Å². The van der Waals surface area contributed by atoms with Gasteiger partial charge in [0.05, 0.1) is 0 Å². The molecule has 0 saturated heterocycles. The minimum atomic E-state index is 0.343. The maximum Gasteiger partial charge on any atom is 0.0449 e. The maximum absolute atomic E-state index is 3.70. The molecule has 2 heteroatoms. The molecular weight excluding hydrogens is 256 g/mol. The third kappa shape index (κ3) is 7.10.